The molecule has 0 radical (unpaired) electrons. The molecule has 1 fully saturated rings. The minimum absolute atomic E-state index is 0.0506. The first-order chi connectivity index (χ1) is 11.0. The standard InChI is InChI=1S/C18H25NO4/c1-3-23-17-7-6-13(2)11-15(17)16(20)8-10-19-9-4-5-14(12-19)18(21)22/h6-7,11,14H,3-5,8-10,12H2,1-2H3,(H,21,22). The molecule has 1 unspecified atom stereocenters. The fourth-order valence-corrected chi connectivity index (χ4v) is 3.00. The number of nitrogens with zero attached hydrogens (tertiary/aromatic N) is 1. The Kier molecular flexibility index (Phi) is 6.16. The average molecular weight is 319 g/mol. The van der Waals surface area contributed by atoms with Gasteiger partial charge in [0.1, 0.15) is 5.75 Å². The number of likely N-dealkylation sites (tertiary alicyclic amines) is 1. The largest absolute Gasteiger partial charge is 0.493 e. The summed E-state index contributed by atoms with van der Waals surface area (Å²) in [6.45, 7) is 6.37. The molecule has 126 valence electrons. The quantitative estimate of drug-likeness (QED) is 0.783. The number of hydrogen-bond acceptors (Lipinski definition) is 4. The van der Waals surface area contributed by atoms with Crippen LogP contribution in [0.5, 0.6) is 5.75 Å². The van der Waals surface area contributed by atoms with Crippen LogP contribution in [0, 0.1) is 12.8 Å². The second-order valence-corrected chi connectivity index (χ2v) is 6.08. The normalized spacial score (nSPS) is 18.6. The SMILES string of the molecule is CCOc1ccc(C)cc1C(=O)CCN1CCCC(C(=O)O)C1. The van der Waals surface area contributed by atoms with E-state index in [1.807, 2.05) is 32.0 Å². The van der Waals surface area contributed by atoms with Crippen molar-refractivity contribution < 1.29 is 19.4 Å². The number of Topliss-reactive ketones (excluding diaryl/α,β-unsaturated/α-hetero) is 1. The lowest BCUT2D eigenvalue weighted by molar-refractivity contribution is -0.143. The summed E-state index contributed by atoms with van der Waals surface area (Å²) >= 11 is 0. The number of aliphatic carboxylic acids is 1. The number of carboxylic acids is 1. The molecule has 0 aromatic heterocycles. The highest BCUT2D eigenvalue weighted by Crippen LogP contribution is 2.23. The number of carboxylic acid groups (broad SMARTS) is 1. The van der Waals surface area contributed by atoms with E-state index in [2.05, 4.69) is 4.90 Å². The Bertz CT molecular complexity index is 570. The second-order valence-electron chi connectivity index (χ2n) is 6.08. The maximum atomic E-state index is 12.5. The third-order valence-electron chi connectivity index (χ3n) is 4.25. The molecule has 1 aromatic carbocycles. The lowest BCUT2D eigenvalue weighted by Gasteiger charge is -2.30. The van der Waals surface area contributed by atoms with Crippen molar-refractivity contribution >= 4 is 11.8 Å². The smallest absolute Gasteiger partial charge is 0.307 e. The molecule has 1 saturated heterocycles. The maximum absolute atomic E-state index is 12.5. The zero-order chi connectivity index (χ0) is 16.8. The van der Waals surface area contributed by atoms with Crippen LogP contribution in [-0.4, -0.2) is 48.0 Å². The van der Waals surface area contributed by atoms with Crippen molar-refractivity contribution in [1.29, 1.82) is 0 Å². The predicted molar refractivity (Wildman–Crippen MR) is 88.1 cm³/mol. The van der Waals surface area contributed by atoms with Gasteiger partial charge in [-0.05, 0) is 45.4 Å². The Morgan fingerprint density at radius 1 is 1.39 bits per heavy atom. The van der Waals surface area contributed by atoms with Crippen molar-refractivity contribution in [3.05, 3.63) is 29.3 Å². The highest BCUT2D eigenvalue weighted by atomic mass is 16.5. The average Bonchev–Trinajstić information content (AvgIpc) is 2.54. The Hall–Kier alpha value is -1.88. The number of piperidine rings is 1. The molecular weight excluding hydrogens is 294 g/mol. The predicted octanol–water partition coefficient (Wildman–Crippen LogP) is 2.76. The minimum atomic E-state index is -0.738. The molecule has 1 aliphatic rings. The third-order valence-corrected chi connectivity index (χ3v) is 4.25. The van der Waals surface area contributed by atoms with E-state index in [0.717, 1.165) is 24.9 Å². The Labute approximate surface area is 137 Å². The molecule has 1 heterocycles. The minimum Gasteiger partial charge on any atom is -0.493 e. The van der Waals surface area contributed by atoms with E-state index in [9.17, 15) is 9.59 Å². The van der Waals surface area contributed by atoms with E-state index in [-0.39, 0.29) is 11.7 Å². The zero-order valence-corrected chi connectivity index (χ0v) is 13.9. The summed E-state index contributed by atoms with van der Waals surface area (Å²) in [6, 6.07) is 5.64. The first-order valence-electron chi connectivity index (χ1n) is 8.23. The number of carbonyl (C=O) groups excluding carboxylic acids is 1. The van der Waals surface area contributed by atoms with Crippen LogP contribution in [0.3, 0.4) is 0 Å². The van der Waals surface area contributed by atoms with E-state index in [1.54, 1.807) is 0 Å². The van der Waals surface area contributed by atoms with Crippen LogP contribution in [0.15, 0.2) is 18.2 Å². The molecule has 5 nitrogen and oxygen atoms in total. The van der Waals surface area contributed by atoms with E-state index in [0.29, 0.717) is 37.4 Å². The molecule has 0 aliphatic carbocycles. The first kappa shape index (κ1) is 17.5. The van der Waals surface area contributed by atoms with Gasteiger partial charge in [0.05, 0.1) is 18.1 Å². The Morgan fingerprint density at radius 2 is 2.17 bits per heavy atom. The number of hydrogen-bond donors (Lipinski definition) is 1. The van der Waals surface area contributed by atoms with Crippen LogP contribution < -0.4 is 4.74 Å². The van der Waals surface area contributed by atoms with Crippen molar-refractivity contribution in [1.82, 2.24) is 4.90 Å². The molecule has 23 heavy (non-hydrogen) atoms. The van der Waals surface area contributed by atoms with Gasteiger partial charge in [0.15, 0.2) is 5.78 Å². The molecular formula is C18H25NO4. The second kappa shape index (κ2) is 8.11. The van der Waals surface area contributed by atoms with Gasteiger partial charge in [-0.3, -0.25) is 9.59 Å². The number of carbonyl (C=O) groups is 2. The summed E-state index contributed by atoms with van der Waals surface area (Å²) in [5.41, 5.74) is 1.65. The van der Waals surface area contributed by atoms with Gasteiger partial charge in [-0.25, -0.2) is 0 Å². The molecule has 5 heteroatoms. The van der Waals surface area contributed by atoms with Gasteiger partial charge < -0.3 is 14.7 Å². The van der Waals surface area contributed by atoms with Crippen LogP contribution in [0.2, 0.25) is 0 Å². The summed E-state index contributed by atoms with van der Waals surface area (Å²) < 4.78 is 5.54. The Balaban J connectivity index is 1.97. The molecule has 1 aliphatic heterocycles. The van der Waals surface area contributed by atoms with Crippen molar-refractivity contribution in [2.24, 2.45) is 5.92 Å². The number of aryl methyl sites for hydroxylation is 1. The molecule has 2 rings (SSSR count). The number of rotatable bonds is 7. The molecule has 0 spiro atoms. The first-order valence-corrected chi connectivity index (χ1v) is 8.23. The van der Waals surface area contributed by atoms with Crippen molar-refractivity contribution in [2.45, 2.75) is 33.1 Å². The third kappa shape index (κ3) is 4.79. The number of ketones is 1. The van der Waals surface area contributed by atoms with E-state index >= 15 is 0 Å². The molecule has 0 amide bonds. The molecule has 1 aromatic rings. The highest BCUT2D eigenvalue weighted by Gasteiger charge is 2.25. The monoisotopic (exact) mass is 319 g/mol. The van der Waals surface area contributed by atoms with Crippen LogP contribution in [0.1, 0.15) is 42.1 Å². The van der Waals surface area contributed by atoms with Gasteiger partial charge in [-0.2, -0.15) is 0 Å². The van der Waals surface area contributed by atoms with E-state index in [4.69, 9.17) is 9.84 Å². The summed E-state index contributed by atoms with van der Waals surface area (Å²) in [7, 11) is 0. The lowest BCUT2D eigenvalue weighted by atomic mass is 9.97. The molecule has 0 saturated carbocycles. The summed E-state index contributed by atoms with van der Waals surface area (Å²) in [5.74, 6) is -0.366. The fourth-order valence-electron chi connectivity index (χ4n) is 3.00. The highest BCUT2D eigenvalue weighted by molar-refractivity contribution is 5.99. The maximum Gasteiger partial charge on any atom is 0.307 e. The zero-order valence-electron chi connectivity index (χ0n) is 13.9. The van der Waals surface area contributed by atoms with Gasteiger partial charge in [0.25, 0.3) is 0 Å². The van der Waals surface area contributed by atoms with Gasteiger partial charge >= 0.3 is 5.97 Å². The molecule has 1 N–H and O–H groups in total. The van der Waals surface area contributed by atoms with E-state index < -0.39 is 5.97 Å². The summed E-state index contributed by atoms with van der Waals surface area (Å²) in [5, 5.41) is 9.13. The van der Waals surface area contributed by atoms with Gasteiger partial charge in [0.2, 0.25) is 0 Å². The van der Waals surface area contributed by atoms with Gasteiger partial charge in [0, 0.05) is 19.5 Å². The summed E-state index contributed by atoms with van der Waals surface area (Å²) in [6.07, 6.45) is 1.99. The lowest BCUT2D eigenvalue weighted by Crippen LogP contribution is -2.39. The number of ether oxygens (including phenoxy) is 1. The van der Waals surface area contributed by atoms with Crippen LogP contribution >= 0.6 is 0 Å². The molecule has 1 atom stereocenters. The topological polar surface area (TPSA) is 66.8 Å². The van der Waals surface area contributed by atoms with Crippen molar-refractivity contribution in [2.75, 3.05) is 26.2 Å². The molecule has 0 bridgehead atoms. The summed E-state index contributed by atoms with van der Waals surface area (Å²) in [4.78, 5) is 25.7. The van der Waals surface area contributed by atoms with Gasteiger partial charge in [-0.1, -0.05) is 11.6 Å². The van der Waals surface area contributed by atoms with Gasteiger partial charge in [-0.15, -0.1) is 0 Å². The van der Waals surface area contributed by atoms with Crippen LogP contribution in [-0.2, 0) is 4.79 Å². The number of benzene rings is 1. The van der Waals surface area contributed by atoms with E-state index in [1.165, 1.54) is 0 Å². The van der Waals surface area contributed by atoms with Crippen LogP contribution in [0.4, 0.5) is 0 Å². The van der Waals surface area contributed by atoms with Crippen molar-refractivity contribution in [3.63, 3.8) is 0 Å². The Morgan fingerprint density at radius 3 is 2.87 bits per heavy atom. The van der Waals surface area contributed by atoms with Crippen LogP contribution in [0.25, 0.3) is 0 Å². The fraction of sp³-hybridized carbons (Fsp3) is 0.556. The van der Waals surface area contributed by atoms with Crippen molar-refractivity contribution in [3.8, 4) is 5.75 Å².